The van der Waals surface area contributed by atoms with Crippen LogP contribution in [0.1, 0.15) is 25.3 Å². The molecule has 2 rings (SSSR count). The highest BCUT2D eigenvalue weighted by Gasteiger charge is 2.25. The molecule has 1 aliphatic carbocycles. The second kappa shape index (κ2) is 4.02. The quantitative estimate of drug-likeness (QED) is 0.714. The van der Waals surface area contributed by atoms with E-state index in [4.69, 9.17) is 5.11 Å². The van der Waals surface area contributed by atoms with Crippen LogP contribution in [0.4, 0.5) is 0 Å². The van der Waals surface area contributed by atoms with Gasteiger partial charge in [0.15, 0.2) is 0 Å². The third kappa shape index (κ3) is 2.02. The molecule has 2 N–H and O–H groups in total. The van der Waals surface area contributed by atoms with Crippen LogP contribution in [-0.2, 0) is 0 Å². The van der Waals surface area contributed by atoms with Crippen LogP contribution < -0.4 is 11.2 Å². The summed E-state index contributed by atoms with van der Waals surface area (Å²) in [4.78, 5) is 24.6. The maximum Gasteiger partial charge on any atom is 0.328 e. The van der Waals surface area contributed by atoms with Gasteiger partial charge in [0.2, 0.25) is 0 Å². The molecule has 1 aliphatic rings. The van der Waals surface area contributed by atoms with Crippen molar-refractivity contribution >= 4 is 0 Å². The van der Waals surface area contributed by atoms with E-state index in [1.54, 1.807) is 4.57 Å². The Labute approximate surface area is 86.4 Å². The summed E-state index contributed by atoms with van der Waals surface area (Å²) in [7, 11) is 0. The van der Waals surface area contributed by atoms with Crippen LogP contribution in [0.5, 0.6) is 0 Å². The van der Waals surface area contributed by atoms with Gasteiger partial charge < -0.3 is 5.11 Å². The van der Waals surface area contributed by atoms with Gasteiger partial charge in [0.1, 0.15) is 0 Å². The maximum absolute atomic E-state index is 11.5. The second-order valence-electron chi connectivity index (χ2n) is 4.03. The highest BCUT2D eigenvalue weighted by atomic mass is 16.3. The van der Waals surface area contributed by atoms with Crippen LogP contribution in [0.2, 0.25) is 0 Å². The van der Waals surface area contributed by atoms with Crippen molar-refractivity contribution in [2.24, 2.45) is 5.92 Å². The van der Waals surface area contributed by atoms with E-state index in [9.17, 15) is 9.59 Å². The van der Waals surface area contributed by atoms with Crippen LogP contribution in [-0.4, -0.2) is 21.3 Å². The van der Waals surface area contributed by atoms with Gasteiger partial charge in [-0.15, -0.1) is 0 Å². The Kier molecular flexibility index (Phi) is 2.73. The Balaban J connectivity index is 2.24. The van der Waals surface area contributed by atoms with Crippen molar-refractivity contribution in [3.05, 3.63) is 33.1 Å². The molecule has 1 heterocycles. The van der Waals surface area contributed by atoms with Crippen LogP contribution >= 0.6 is 0 Å². The van der Waals surface area contributed by atoms with Crippen molar-refractivity contribution in [3.8, 4) is 0 Å². The van der Waals surface area contributed by atoms with Crippen molar-refractivity contribution in [1.82, 2.24) is 9.55 Å². The normalized spacial score (nSPS) is 25.7. The molecule has 0 amide bonds. The van der Waals surface area contributed by atoms with Gasteiger partial charge in [0.25, 0.3) is 5.56 Å². The number of aromatic nitrogens is 2. The summed E-state index contributed by atoms with van der Waals surface area (Å²) in [5, 5.41) is 9.00. The summed E-state index contributed by atoms with van der Waals surface area (Å²) in [5.74, 6) is 0.286. The van der Waals surface area contributed by atoms with Gasteiger partial charge in [0.05, 0.1) is 0 Å². The topological polar surface area (TPSA) is 75.1 Å². The third-order valence-electron chi connectivity index (χ3n) is 3.02. The molecule has 0 radical (unpaired) electrons. The molecule has 1 fully saturated rings. The molecule has 2 unspecified atom stereocenters. The molecule has 2 atom stereocenters. The van der Waals surface area contributed by atoms with Crippen LogP contribution in [0, 0.1) is 5.92 Å². The lowest BCUT2D eigenvalue weighted by molar-refractivity contribution is 0.226. The molecule has 0 spiro atoms. The number of rotatable bonds is 2. The molecule has 0 aromatic carbocycles. The number of aliphatic hydroxyl groups excluding tert-OH is 1. The number of H-pyrrole nitrogens is 1. The van der Waals surface area contributed by atoms with Crippen molar-refractivity contribution in [2.75, 3.05) is 6.61 Å². The minimum Gasteiger partial charge on any atom is -0.396 e. The van der Waals surface area contributed by atoms with E-state index in [0.717, 1.165) is 19.3 Å². The molecule has 0 bridgehead atoms. The molecular formula is C10H14N2O3. The highest BCUT2D eigenvalue weighted by molar-refractivity contribution is 4.89. The summed E-state index contributed by atoms with van der Waals surface area (Å²) < 4.78 is 1.55. The lowest BCUT2D eigenvalue weighted by Gasteiger charge is -2.12. The molecule has 0 saturated heterocycles. The SMILES string of the molecule is O=c1ccn(C2CCC(CO)C2)c(=O)[nH]1. The Morgan fingerprint density at radius 1 is 1.47 bits per heavy atom. The van der Waals surface area contributed by atoms with Crippen molar-refractivity contribution < 1.29 is 5.11 Å². The van der Waals surface area contributed by atoms with Crippen molar-refractivity contribution in [1.29, 1.82) is 0 Å². The minimum absolute atomic E-state index is 0.117. The molecule has 82 valence electrons. The number of nitrogens with zero attached hydrogens (tertiary/aromatic N) is 1. The van der Waals surface area contributed by atoms with Crippen LogP contribution in [0.25, 0.3) is 0 Å². The average molecular weight is 210 g/mol. The lowest BCUT2D eigenvalue weighted by Crippen LogP contribution is -2.30. The summed E-state index contributed by atoms with van der Waals surface area (Å²) in [6.45, 7) is 0.175. The van der Waals surface area contributed by atoms with E-state index in [0.29, 0.717) is 0 Å². The van der Waals surface area contributed by atoms with Gasteiger partial charge in [-0.25, -0.2) is 4.79 Å². The van der Waals surface area contributed by atoms with Gasteiger partial charge in [-0.1, -0.05) is 0 Å². The monoisotopic (exact) mass is 210 g/mol. The fraction of sp³-hybridized carbons (Fsp3) is 0.600. The first-order chi connectivity index (χ1) is 7.20. The average Bonchev–Trinajstić information content (AvgIpc) is 2.66. The van der Waals surface area contributed by atoms with Gasteiger partial charge in [-0.2, -0.15) is 0 Å². The summed E-state index contributed by atoms with van der Waals surface area (Å²) >= 11 is 0. The molecular weight excluding hydrogens is 196 g/mol. The van der Waals surface area contributed by atoms with Gasteiger partial charge >= 0.3 is 5.69 Å². The van der Waals surface area contributed by atoms with Gasteiger partial charge in [0, 0.05) is 24.9 Å². The van der Waals surface area contributed by atoms with E-state index < -0.39 is 0 Å². The van der Waals surface area contributed by atoms with E-state index in [2.05, 4.69) is 4.98 Å². The number of hydrogen-bond donors (Lipinski definition) is 2. The summed E-state index contributed by atoms with van der Waals surface area (Å²) in [5.41, 5.74) is -0.723. The molecule has 15 heavy (non-hydrogen) atoms. The van der Waals surface area contributed by atoms with Gasteiger partial charge in [-0.05, 0) is 25.2 Å². The molecule has 1 saturated carbocycles. The fourth-order valence-electron chi connectivity index (χ4n) is 2.18. The first-order valence-corrected chi connectivity index (χ1v) is 5.13. The summed E-state index contributed by atoms with van der Waals surface area (Å²) in [6, 6.07) is 1.47. The van der Waals surface area contributed by atoms with E-state index in [-0.39, 0.29) is 29.8 Å². The predicted molar refractivity (Wildman–Crippen MR) is 54.8 cm³/mol. The number of hydrogen-bond acceptors (Lipinski definition) is 3. The number of aromatic amines is 1. The van der Waals surface area contributed by atoms with Crippen LogP contribution in [0.15, 0.2) is 21.9 Å². The highest BCUT2D eigenvalue weighted by Crippen LogP contribution is 2.32. The zero-order valence-electron chi connectivity index (χ0n) is 8.35. The molecule has 1 aromatic heterocycles. The Morgan fingerprint density at radius 2 is 2.27 bits per heavy atom. The van der Waals surface area contributed by atoms with Crippen LogP contribution in [0.3, 0.4) is 0 Å². The molecule has 0 aliphatic heterocycles. The second-order valence-corrected chi connectivity index (χ2v) is 4.03. The van der Waals surface area contributed by atoms with Crippen molar-refractivity contribution in [2.45, 2.75) is 25.3 Å². The minimum atomic E-state index is -0.368. The van der Waals surface area contributed by atoms with E-state index in [1.165, 1.54) is 12.3 Å². The van der Waals surface area contributed by atoms with Crippen molar-refractivity contribution in [3.63, 3.8) is 0 Å². The Bertz CT molecular complexity index is 448. The Morgan fingerprint density at radius 3 is 2.87 bits per heavy atom. The standard InChI is InChI=1S/C10H14N2O3/c13-6-7-1-2-8(5-7)12-4-3-9(14)11-10(12)15/h3-4,7-8,13H,1-2,5-6H2,(H,11,14,15). The largest absolute Gasteiger partial charge is 0.396 e. The number of aliphatic hydroxyl groups is 1. The van der Waals surface area contributed by atoms with E-state index >= 15 is 0 Å². The molecule has 5 heteroatoms. The lowest BCUT2D eigenvalue weighted by atomic mass is 10.1. The zero-order chi connectivity index (χ0) is 10.8. The van der Waals surface area contributed by atoms with E-state index in [1.807, 2.05) is 0 Å². The Hall–Kier alpha value is -1.36. The fourth-order valence-corrected chi connectivity index (χ4v) is 2.18. The smallest absolute Gasteiger partial charge is 0.328 e. The first-order valence-electron chi connectivity index (χ1n) is 5.13. The first kappa shape index (κ1) is 10.2. The zero-order valence-corrected chi connectivity index (χ0v) is 8.35. The molecule has 5 nitrogen and oxygen atoms in total. The predicted octanol–water partition coefficient (Wildman–Crippen LogP) is -0.130. The third-order valence-corrected chi connectivity index (χ3v) is 3.02. The van der Waals surface area contributed by atoms with Gasteiger partial charge in [-0.3, -0.25) is 14.3 Å². The molecule has 1 aromatic rings. The maximum atomic E-state index is 11.5. The number of nitrogens with one attached hydrogen (secondary N) is 1. The summed E-state index contributed by atoms with van der Waals surface area (Å²) in [6.07, 6.45) is 4.16.